The van der Waals surface area contributed by atoms with E-state index in [2.05, 4.69) is 50.1 Å². The van der Waals surface area contributed by atoms with Crippen LogP contribution in [0.15, 0.2) is 133 Å². The summed E-state index contributed by atoms with van der Waals surface area (Å²) in [5, 5.41) is 18.8. The molecule has 1 saturated heterocycles. The van der Waals surface area contributed by atoms with Crippen molar-refractivity contribution in [1.29, 1.82) is 0 Å². The minimum absolute atomic E-state index is 0.0348. The molecule has 22 heteroatoms. The first kappa shape index (κ1) is 69.7. The Morgan fingerprint density at radius 1 is 0.742 bits per heavy atom. The number of hydrogen-bond donors (Lipinski definition) is 4. The summed E-state index contributed by atoms with van der Waals surface area (Å²) in [4.78, 5) is 62.1. The highest BCUT2D eigenvalue weighted by Crippen LogP contribution is 2.37. The number of benzene rings is 5. The number of β-amino-alcohol motifs (C(OH)–C–C–N with tert-alkyl or cyclic N) is 1. The van der Waals surface area contributed by atoms with E-state index in [-0.39, 0.29) is 75.1 Å². The molecule has 1 aliphatic rings. The van der Waals surface area contributed by atoms with E-state index in [0.717, 1.165) is 44.5 Å². The molecule has 1 fully saturated rings. The number of aromatic nitrogens is 1. The van der Waals surface area contributed by atoms with Gasteiger partial charge in [-0.25, -0.2) is 4.98 Å². The number of nitrogens with one attached hydrogen (secondary N) is 3. The van der Waals surface area contributed by atoms with Crippen molar-refractivity contribution in [3.05, 3.63) is 177 Å². The van der Waals surface area contributed by atoms with Gasteiger partial charge in [-0.1, -0.05) is 142 Å². The predicted molar refractivity (Wildman–Crippen MR) is 335 cm³/mol. The fourth-order valence-electron chi connectivity index (χ4n) is 10.2. The summed E-state index contributed by atoms with van der Waals surface area (Å²) >= 11 is 7.97. The fraction of sp³-hybridized carbons (Fsp3) is 0.448. The molecule has 17 nitrogen and oxygen atoms in total. The number of ether oxygens (including phenoxy) is 6. The maximum absolute atomic E-state index is 14.0. The molecule has 89 heavy (non-hydrogen) atoms. The number of alkyl halides is 3. The van der Waals surface area contributed by atoms with Crippen LogP contribution < -0.4 is 20.7 Å². The number of carbonyl (C=O) groups is 4. The molecule has 3 atom stereocenters. The highest BCUT2D eigenvalue weighted by Gasteiger charge is 2.44. The number of aliphatic hydroxyl groups excluding tert-OH is 1. The van der Waals surface area contributed by atoms with E-state index < -0.39 is 47.2 Å². The molecule has 0 unspecified atom stereocenters. The number of likely N-dealkylation sites (tertiary alicyclic amines) is 1. The first-order valence-electron chi connectivity index (χ1n) is 29.9. The molecule has 1 aliphatic heterocycles. The zero-order valence-corrected chi connectivity index (χ0v) is 52.5. The van der Waals surface area contributed by atoms with Gasteiger partial charge in [0.25, 0.3) is 0 Å². The van der Waals surface area contributed by atoms with E-state index in [0.29, 0.717) is 90.2 Å². The van der Waals surface area contributed by atoms with E-state index in [1.807, 2.05) is 113 Å². The van der Waals surface area contributed by atoms with Crippen molar-refractivity contribution in [2.75, 3.05) is 98.9 Å². The third-order valence-electron chi connectivity index (χ3n) is 14.8. The fourth-order valence-corrected chi connectivity index (χ4v) is 11.3. The van der Waals surface area contributed by atoms with Gasteiger partial charge in [-0.05, 0) is 70.3 Å². The molecule has 7 rings (SSSR count). The Morgan fingerprint density at radius 3 is 1.97 bits per heavy atom. The molecule has 5 aromatic carbocycles. The zero-order chi connectivity index (χ0) is 63.6. The minimum atomic E-state index is -4.58. The molecule has 0 aliphatic carbocycles. The summed E-state index contributed by atoms with van der Waals surface area (Å²) in [7, 11) is 0. The first-order valence-corrected chi connectivity index (χ1v) is 31.2. The molecule has 4 N–H and O–H groups in total. The number of hydrogen-bond acceptors (Lipinski definition) is 14. The molecule has 0 radical (unpaired) electrons. The maximum atomic E-state index is 14.0. The number of halogens is 4. The average Bonchev–Trinajstić information content (AvgIpc) is 3.30. The van der Waals surface area contributed by atoms with E-state index in [1.54, 1.807) is 22.9 Å². The second-order valence-corrected chi connectivity index (χ2v) is 23.9. The summed E-state index contributed by atoms with van der Waals surface area (Å²) < 4.78 is 75.6. The van der Waals surface area contributed by atoms with Crippen molar-refractivity contribution in [1.82, 2.24) is 30.7 Å². The SMILES string of the molecule is Cc1ncsc1-c1ccc(CNC(=O)[C@@H]2C[C@@H](O)CN2C(=O)[C@@H](NC(=O)COCCOCCOCCOCCOCCNC(=O)Cc2cccc(OCCCN(Cc3cccc(C(F)(F)F)c3Cl)CC(c3ccccc3)c3ccccc3)c2)C(C)(C)C)cc1. The van der Waals surface area contributed by atoms with Crippen molar-refractivity contribution >= 4 is 46.6 Å². The van der Waals surface area contributed by atoms with Gasteiger partial charge in [-0.15, -0.1) is 11.3 Å². The van der Waals surface area contributed by atoms with E-state index in [1.165, 1.54) is 11.0 Å². The van der Waals surface area contributed by atoms with Gasteiger partial charge >= 0.3 is 6.18 Å². The van der Waals surface area contributed by atoms with Crippen LogP contribution in [-0.4, -0.2) is 161 Å². The summed E-state index contributed by atoms with van der Waals surface area (Å²) in [6, 6.07) is 37.3. The standard InChI is InChI=1S/C67H82ClF3N6O11S/c1-47-62(89-46-74-47)52-24-22-48(23-25-52)41-73-64(81)58-40-54(78)43-77(58)65(82)63(66(2,3)4)75-60(80)45-87-37-36-86-35-34-85-33-32-84-31-30-83-29-26-72-59(79)39-49-14-11-20-55(38-49)88-28-13-27-76(42-53-19-12-21-57(61(53)68)67(69,70)71)44-56(50-15-7-5-8-16-50)51-17-9-6-10-18-51/h5-12,14-25,38,46,54,56,58,63,78H,13,26-37,39-45H2,1-4H3,(H,72,79)(H,73,81)(H,75,80)/t54-,58+,63-/m1/s1. The van der Waals surface area contributed by atoms with E-state index in [4.69, 9.17) is 40.0 Å². The highest BCUT2D eigenvalue weighted by atomic mass is 35.5. The Kier molecular flexibility index (Phi) is 27.8. The van der Waals surface area contributed by atoms with Crippen LogP contribution in [0.2, 0.25) is 5.02 Å². The third kappa shape index (κ3) is 22.9. The largest absolute Gasteiger partial charge is 0.494 e. The van der Waals surface area contributed by atoms with Crippen LogP contribution in [0.25, 0.3) is 10.4 Å². The Morgan fingerprint density at radius 2 is 1.36 bits per heavy atom. The van der Waals surface area contributed by atoms with Gasteiger partial charge in [0.15, 0.2) is 0 Å². The van der Waals surface area contributed by atoms with Crippen molar-refractivity contribution in [3.8, 4) is 16.2 Å². The second kappa shape index (κ2) is 35.6. The number of aliphatic hydroxyl groups is 1. The molecule has 1 aromatic heterocycles. The van der Waals surface area contributed by atoms with E-state index in [9.17, 15) is 37.5 Å². The Bertz CT molecular complexity index is 3100. The molecule has 6 aromatic rings. The van der Waals surface area contributed by atoms with Gasteiger partial charge in [-0.2, -0.15) is 13.2 Å². The van der Waals surface area contributed by atoms with Crippen molar-refractivity contribution in [2.24, 2.45) is 5.41 Å². The van der Waals surface area contributed by atoms with Crippen LogP contribution in [0.1, 0.15) is 78.6 Å². The number of rotatable bonds is 36. The number of carbonyl (C=O) groups excluding carboxylic acids is 4. The Labute approximate surface area is 528 Å². The average molecular weight is 1270 g/mol. The maximum Gasteiger partial charge on any atom is 0.417 e. The van der Waals surface area contributed by atoms with Crippen molar-refractivity contribution in [2.45, 2.75) is 90.3 Å². The van der Waals surface area contributed by atoms with Crippen LogP contribution in [0.5, 0.6) is 5.75 Å². The van der Waals surface area contributed by atoms with Gasteiger partial charge in [0.2, 0.25) is 23.6 Å². The van der Waals surface area contributed by atoms with Crippen LogP contribution in [0.4, 0.5) is 13.2 Å². The van der Waals surface area contributed by atoms with Crippen molar-refractivity contribution < 1.29 is 65.9 Å². The van der Waals surface area contributed by atoms with Crippen LogP contribution in [0.3, 0.4) is 0 Å². The van der Waals surface area contributed by atoms with Crippen LogP contribution in [-0.2, 0) is 68.5 Å². The van der Waals surface area contributed by atoms with Gasteiger partial charge < -0.3 is 54.4 Å². The minimum Gasteiger partial charge on any atom is -0.494 e. The number of thiazole rings is 1. The lowest BCUT2D eigenvalue weighted by Gasteiger charge is -2.35. The molecule has 0 saturated carbocycles. The summed E-state index contributed by atoms with van der Waals surface area (Å²) in [5.41, 5.74) is 6.42. The molecule has 480 valence electrons. The number of nitrogens with zero attached hydrogens (tertiary/aromatic N) is 3. The normalized spacial score (nSPS) is 14.7. The lowest BCUT2D eigenvalue weighted by atomic mass is 9.85. The lowest BCUT2D eigenvalue weighted by Crippen LogP contribution is -2.58. The number of aryl methyl sites for hydroxylation is 1. The summed E-state index contributed by atoms with van der Waals surface area (Å²) in [6.07, 6.45) is -4.68. The third-order valence-corrected chi connectivity index (χ3v) is 16.2. The molecular weight excluding hydrogens is 1190 g/mol. The molecule has 2 heterocycles. The topological polar surface area (TPSA) is 199 Å². The van der Waals surface area contributed by atoms with Gasteiger partial charge in [-0.3, -0.25) is 24.1 Å². The summed E-state index contributed by atoms with van der Waals surface area (Å²) in [5.74, 6) is -0.990. The number of amides is 4. The van der Waals surface area contributed by atoms with Crippen LogP contribution >= 0.6 is 22.9 Å². The van der Waals surface area contributed by atoms with Crippen molar-refractivity contribution in [3.63, 3.8) is 0 Å². The van der Waals surface area contributed by atoms with Gasteiger partial charge in [0, 0.05) is 51.6 Å². The predicted octanol–water partition coefficient (Wildman–Crippen LogP) is 9.44. The van der Waals surface area contributed by atoms with Gasteiger partial charge in [0.1, 0.15) is 24.4 Å². The van der Waals surface area contributed by atoms with Gasteiger partial charge in [0.05, 0.1) is 105 Å². The highest BCUT2D eigenvalue weighted by molar-refractivity contribution is 7.13. The lowest BCUT2D eigenvalue weighted by molar-refractivity contribution is -0.144. The molecule has 4 amide bonds. The quantitative estimate of drug-likeness (QED) is 0.0272. The summed E-state index contributed by atoms with van der Waals surface area (Å²) in [6.45, 7) is 11.8. The van der Waals surface area contributed by atoms with Crippen LogP contribution in [0, 0.1) is 12.3 Å². The smallest absolute Gasteiger partial charge is 0.417 e. The monoisotopic (exact) mass is 1270 g/mol. The Hall–Kier alpha value is -6.79. The molecular formula is C67H82ClF3N6O11S. The first-order chi connectivity index (χ1) is 42.8. The zero-order valence-electron chi connectivity index (χ0n) is 50.9. The Balaban J connectivity index is 0.702. The molecule has 0 bridgehead atoms. The second-order valence-electron chi connectivity index (χ2n) is 22.7. The van der Waals surface area contributed by atoms with E-state index >= 15 is 0 Å². The molecule has 0 spiro atoms.